The van der Waals surface area contributed by atoms with Gasteiger partial charge in [0, 0.05) is 38.5 Å². The normalized spacial score (nSPS) is 31.7. The Balaban J connectivity index is 1.58. The maximum Gasteiger partial charge on any atom is 0.253 e. The smallest absolute Gasteiger partial charge is 0.253 e. The summed E-state index contributed by atoms with van der Waals surface area (Å²) in [5, 5.41) is 9.26. The predicted octanol–water partition coefficient (Wildman–Crippen LogP) is 2.54. The van der Waals surface area contributed by atoms with Crippen LogP contribution in [0.2, 0.25) is 0 Å². The maximum atomic E-state index is 14.4. The van der Waals surface area contributed by atoms with Crippen molar-refractivity contribution in [1.82, 2.24) is 9.80 Å². The van der Waals surface area contributed by atoms with Gasteiger partial charge in [-0.25, -0.2) is 0 Å². The van der Waals surface area contributed by atoms with Gasteiger partial charge in [-0.15, -0.1) is 0 Å². The van der Waals surface area contributed by atoms with Gasteiger partial charge in [0.2, 0.25) is 11.8 Å². The van der Waals surface area contributed by atoms with Crippen LogP contribution < -0.4 is 9.64 Å². The Morgan fingerprint density at radius 2 is 1.69 bits per heavy atom. The van der Waals surface area contributed by atoms with Crippen molar-refractivity contribution in [3.63, 3.8) is 0 Å². The number of nitrogens with zero attached hydrogens (tertiary/aromatic N) is 3. The summed E-state index contributed by atoms with van der Waals surface area (Å²) in [5.74, 6) is -1.40. The molecule has 39 heavy (non-hydrogen) atoms. The molecule has 4 aliphatic heterocycles. The molecule has 0 bridgehead atoms. The molecule has 1 spiro atoms. The molecule has 0 aromatic heterocycles. The third-order valence-corrected chi connectivity index (χ3v) is 8.58. The van der Waals surface area contributed by atoms with Crippen molar-refractivity contribution in [1.29, 1.82) is 0 Å². The first-order chi connectivity index (χ1) is 18.8. The summed E-state index contributed by atoms with van der Waals surface area (Å²) < 4.78 is 12.1. The van der Waals surface area contributed by atoms with E-state index < -0.39 is 29.1 Å². The minimum absolute atomic E-state index is 0.0779. The minimum Gasteiger partial charge on any atom is -0.497 e. The fourth-order valence-corrected chi connectivity index (χ4v) is 6.85. The number of aliphatic hydroxyl groups excluding tert-OH is 1. The van der Waals surface area contributed by atoms with Crippen LogP contribution in [-0.2, 0) is 19.1 Å². The number of benzene rings is 1. The molecule has 2 saturated heterocycles. The van der Waals surface area contributed by atoms with E-state index in [1.165, 1.54) is 0 Å². The van der Waals surface area contributed by atoms with Crippen molar-refractivity contribution >= 4 is 23.4 Å². The van der Waals surface area contributed by atoms with Crippen LogP contribution in [0.5, 0.6) is 5.75 Å². The zero-order valence-electron chi connectivity index (χ0n) is 23.0. The van der Waals surface area contributed by atoms with Crippen LogP contribution in [0.15, 0.2) is 48.6 Å². The second-order valence-electron chi connectivity index (χ2n) is 11.0. The molecule has 5 rings (SSSR count). The molecule has 1 aromatic carbocycles. The summed E-state index contributed by atoms with van der Waals surface area (Å²) in [5.41, 5.74) is -1.58. The highest BCUT2D eigenvalue weighted by Gasteiger charge is 2.74. The Morgan fingerprint density at radius 3 is 2.38 bits per heavy atom. The van der Waals surface area contributed by atoms with Crippen molar-refractivity contribution in [3.05, 3.63) is 48.6 Å². The molecule has 210 valence electrons. The number of carbonyl (C=O) groups is 3. The largest absolute Gasteiger partial charge is 0.497 e. The fourth-order valence-electron chi connectivity index (χ4n) is 6.85. The van der Waals surface area contributed by atoms with Crippen LogP contribution in [0.4, 0.5) is 5.69 Å². The van der Waals surface area contributed by atoms with Gasteiger partial charge in [-0.3, -0.25) is 14.4 Å². The highest BCUT2D eigenvalue weighted by molar-refractivity contribution is 6.06. The van der Waals surface area contributed by atoms with E-state index in [0.717, 1.165) is 12.8 Å². The molecule has 1 aromatic rings. The molecule has 3 amide bonds. The van der Waals surface area contributed by atoms with Crippen LogP contribution in [0.25, 0.3) is 0 Å². The fraction of sp³-hybridized carbons (Fsp3) is 0.567. The second kappa shape index (κ2) is 10.8. The lowest BCUT2D eigenvalue weighted by molar-refractivity contribution is -0.148. The molecule has 1 N–H and O–H groups in total. The van der Waals surface area contributed by atoms with Crippen LogP contribution in [0.3, 0.4) is 0 Å². The summed E-state index contributed by atoms with van der Waals surface area (Å²) in [6.07, 6.45) is 10.4. The van der Waals surface area contributed by atoms with E-state index in [1.54, 1.807) is 33.9 Å². The van der Waals surface area contributed by atoms with Crippen molar-refractivity contribution in [2.24, 2.45) is 11.8 Å². The van der Waals surface area contributed by atoms with E-state index in [-0.39, 0.29) is 24.3 Å². The van der Waals surface area contributed by atoms with Gasteiger partial charge < -0.3 is 29.3 Å². The standard InChI is InChI=1S/C30H39N3O6/c1-4-16-31-17-8-14-29(2)23(26(31)35)24-27(36)33(18-6-5-7-20-34)25-28(37)32(19-9-15-30(24,25)39-29)21-10-12-22(38-3)13-11-21/h8-15,23-25,34H,4-7,16-20H2,1-3H3/t23-,24-,25?,29+,30-/m0/s1. The number of fused-ring (bicyclic) bond motifs is 2. The molecule has 0 aliphatic carbocycles. The van der Waals surface area contributed by atoms with Crippen LogP contribution in [-0.4, -0.2) is 89.8 Å². The summed E-state index contributed by atoms with van der Waals surface area (Å²) in [4.78, 5) is 47.8. The third-order valence-electron chi connectivity index (χ3n) is 8.58. The average molecular weight is 538 g/mol. The number of hydrogen-bond acceptors (Lipinski definition) is 6. The molecular weight excluding hydrogens is 498 g/mol. The molecule has 2 fully saturated rings. The Labute approximate surface area is 230 Å². The van der Waals surface area contributed by atoms with Gasteiger partial charge in [-0.2, -0.15) is 0 Å². The second-order valence-corrected chi connectivity index (χ2v) is 11.0. The topological polar surface area (TPSA) is 99.6 Å². The number of methoxy groups -OCH3 is 1. The summed E-state index contributed by atoms with van der Waals surface area (Å²) in [6, 6.07) is 6.36. The van der Waals surface area contributed by atoms with Gasteiger partial charge in [-0.05, 0) is 56.9 Å². The predicted molar refractivity (Wildman–Crippen MR) is 146 cm³/mol. The third kappa shape index (κ3) is 4.45. The Bertz CT molecular complexity index is 1170. The number of anilines is 1. The maximum absolute atomic E-state index is 14.4. The molecule has 4 aliphatic rings. The van der Waals surface area contributed by atoms with Crippen LogP contribution in [0.1, 0.15) is 39.5 Å². The van der Waals surface area contributed by atoms with Crippen molar-refractivity contribution in [2.75, 3.05) is 44.8 Å². The molecule has 0 saturated carbocycles. The molecule has 0 radical (unpaired) electrons. The lowest BCUT2D eigenvalue weighted by atomic mass is 9.74. The van der Waals surface area contributed by atoms with E-state index >= 15 is 0 Å². The highest BCUT2D eigenvalue weighted by Crippen LogP contribution is 2.57. The molecule has 1 unspecified atom stereocenters. The lowest BCUT2D eigenvalue weighted by Gasteiger charge is -2.37. The number of unbranched alkanes of at least 4 members (excludes halogenated alkanes) is 2. The van der Waals surface area contributed by atoms with Crippen LogP contribution >= 0.6 is 0 Å². The van der Waals surface area contributed by atoms with Gasteiger partial charge in [0.15, 0.2) is 0 Å². The summed E-state index contributed by atoms with van der Waals surface area (Å²) >= 11 is 0. The monoisotopic (exact) mass is 537 g/mol. The minimum atomic E-state index is -1.26. The SMILES string of the molecule is CCCN1CC=C[C@@]2(C)O[C@]34C=CCN(c5ccc(OC)cc5)C(=O)C3N(CCCCCO)C(=O)[C@@H]4[C@H]2C1=O. The number of hydrogen-bond donors (Lipinski definition) is 1. The Kier molecular flexibility index (Phi) is 7.57. The molecular formula is C30H39N3O6. The molecule has 4 heterocycles. The molecule has 9 nitrogen and oxygen atoms in total. The van der Waals surface area contributed by atoms with E-state index in [4.69, 9.17) is 9.47 Å². The lowest BCUT2D eigenvalue weighted by Crippen LogP contribution is -2.56. The van der Waals surface area contributed by atoms with Gasteiger partial charge in [0.05, 0.1) is 24.5 Å². The Hall–Kier alpha value is -3.17. The van der Waals surface area contributed by atoms with E-state index in [0.29, 0.717) is 50.5 Å². The number of carbonyl (C=O) groups excluding carboxylic acids is 3. The van der Waals surface area contributed by atoms with Gasteiger partial charge in [-0.1, -0.05) is 31.2 Å². The first-order valence-corrected chi connectivity index (χ1v) is 14.0. The van der Waals surface area contributed by atoms with E-state index in [9.17, 15) is 19.5 Å². The quantitative estimate of drug-likeness (QED) is 0.384. The first-order valence-electron chi connectivity index (χ1n) is 14.0. The first kappa shape index (κ1) is 27.4. The zero-order chi connectivity index (χ0) is 27.8. The average Bonchev–Trinajstić information content (AvgIpc) is 3.19. The van der Waals surface area contributed by atoms with E-state index in [1.807, 2.05) is 50.3 Å². The number of aliphatic hydroxyl groups is 1. The number of likely N-dealkylation sites (tertiary alicyclic amines) is 1. The van der Waals surface area contributed by atoms with Crippen LogP contribution in [0, 0.1) is 11.8 Å². The zero-order valence-corrected chi connectivity index (χ0v) is 23.0. The van der Waals surface area contributed by atoms with Gasteiger partial charge in [0.1, 0.15) is 17.4 Å². The highest BCUT2D eigenvalue weighted by atomic mass is 16.5. The molecule has 5 atom stereocenters. The summed E-state index contributed by atoms with van der Waals surface area (Å²) in [6.45, 7) is 5.72. The molecule has 9 heteroatoms. The summed E-state index contributed by atoms with van der Waals surface area (Å²) in [7, 11) is 1.59. The Morgan fingerprint density at radius 1 is 0.949 bits per heavy atom. The van der Waals surface area contributed by atoms with Crippen molar-refractivity contribution in [2.45, 2.75) is 56.8 Å². The van der Waals surface area contributed by atoms with E-state index in [2.05, 4.69) is 0 Å². The van der Waals surface area contributed by atoms with Crippen molar-refractivity contribution < 1.29 is 29.0 Å². The van der Waals surface area contributed by atoms with Gasteiger partial charge >= 0.3 is 0 Å². The number of rotatable bonds is 9. The van der Waals surface area contributed by atoms with Crippen molar-refractivity contribution in [3.8, 4) is 5.75 Å². The number of amides is 3. The van der Waals surface area contributed by atoms with Gasteiger partial charge in [0.25, 0.3) is 5.91 Å². The number of ether oxygens (including phenoxy) is 2.